The van der Waals surface area contributed by atoms with Crippen LogP contribution in [-0.4, -0.2) is 9.97 Å². The molecule has 3 heteroatoms. The van der Waals surface area contributed by atoms with Crippen molar-refractivity contribution < 1.29 is 0 Å². The van der Waals surface area contributed by atoms with Crippen molar-refractivity contribution >= 4 is 0 Å². The summed E-state index contributed by atoms with van der Waals surface area (Å²) >= 11 is 0. The van der Waals surface area contributed by atoms with Gasteiger partial charge in [0, 0.05) is 17.8 Å². The largest absolute Gasteiger partial charge is 0.321 e. The Hall–Kier alpha value is -0.960. The lowest BCUT2D eigenvalue weighted by molar-refractivity contribution is 0.486. The van der Waals surface area contributed by atoms with Crippen LogP contribution in [0.25, 0.3) is 0 Å². The number of rotatable bonds is 3. The monoisotopic (exact) mass is 219 g/mol. The van der Waals surface area contributed by atoms with Crippen molar-refractivity contribution in [3.63, 3.8) is 0 Å². The molecule has 1 unspecified atom stereocenters. The molecule has 2 rings (SSSR count). The molecule has 1 fully saturated rings. The Kier molecular flexibility index (Phi) is 3.54. The average molecular weight is 219 g/mol. The summed E-state index contributed by atoms with van der Waals surface area (Å²) in [6.07, 6.45) is 7.07. The van der Waals surface area contributed by atoms with E-state index >= 15 is 0 Å². The number of nitrogens with two attached hydrogens (primary N) is 1. The Morgan fingerprint density at radius 1 is 1.31 bits per heavy atom. The lowest BCUT2D eigenvalue weighted by Gasteiger charge is -2.16. The predicted molar refractivity (Wildman–Crippen MR) is 65.0 cm³/mol. The van der Waals surface area contributed by atoms with Gasteiger partial charge in [-0.1, -0.05) is 26.7 Å². The smallest absolute Gasteiger partial charge is 0.145 e. The molecular formula is C13H21N3. The second kappa shape index (κ2) is 4.91. The summed E-state index contributed by atoms with van der Waals surface area (Å²) < 4.78 is 0. The minimum atomic E-state index is -0.0404. The van der Waals surface area contributed by atoms with E-state index < -0.39 is 0 Å². The van der Waals surface area contributed by atoms with E-state index in [2.05, 4.69) is 23.8 Å². The second-order valence-corrected chi connectivity index (χ2v) is 5.09. The zero-order chi connectivity index (χ0) is 11.5. The van der Waals surface area contributed by atoms with Gasteiger partial charge in [-0.2, -0.15) is 0 Å². The van der Waals surface area contributed by atoms with Crippen LogP contribution in [0.4, 0.5) is 0 Å². The topological polar surface area (TPSA) is 51.8 Å². The van der Waals surface area contributed by atoms with Crippen LogP contribution in [0.3, 0.4) is 0 Å². The Morgan fingerprint density at radius 3 is 2.62 bits per heavy atom. The molecule has 1 atom stereocenters. The normalized spacial score (nSPS) is 19.2. The molecule has 0 bridgehead atoms. The van der Waals surface area contributed by atoms with Gasteiger partial charge < -0.3 is 5.73 Å². The van der Waals surface area contributed by atoms with Crippen LogP contribution in [0, 0.1) is 5.92 Å². The number of hydrogen-bond acceptors (Lipinski definition) is 3. The van der Waals surface area contributed by atoms with Gasteiger partial charge >= 0.3 is 0 Å². The Labute approximate surface area is 97.5 Å². The third-order valence-corrected chi connectivity index (χ3v) is 3.49. The molecule has 0 spiro atoms. The molecule has 1 heterocycles. The minimum Gasteiger partial charge on any atom is -0.321 e. The van der Waals surface area contributed by atoms with Gasteiger partial charge in [0.25, 0.3) is 0 Å². The van der Waals surface area contributed by atoms with Crippen LogP contribution >= 0.6 is 0 Å². The van der Waals surface area contributed by atoms with Crippen LogP contribution in [0.2, 0.25) is 0 Å². The van der Waals surface area contributed by atoms with Gasteiger partial charge in [0.05, 0.1) is 6.04 Å². The van der Waals surface area contributed by atoms with Crippen molar-refractivity contribution in [2.75, 3.05) is 0 Å². The zero-order valence-electron chi connectivity index (χ0n) is 10.2. The van der Waals surface area contributed by atoms with Crippen LogP contribution < -0.4 is 5.73 Å². The summed E-state index contributed by atoms with van der Waals surface area (Å²) in [4.78, 5) is 8.94. The van der Waals surface area contributed by atoms with Gasteiger partial charge in [-0.3, -0.25) is 0 Å². The van der Waals surface area contributed by atoms with E-state index in [1.807, 2.05) is 12.3 Å². The van der Waals surface area contributed by atoms with E-state index in [1.54, 1.807) is 0 Å². The summed E-state index contributed by atoms with van der Waals surface area (Å²) in [5.41, 5.74) is 7.27. The van der Waals surface area contributed by atoms with Gasteiger partial charge in [-0.05, 0) is 24.8 Å². The van der Waals surface area contributed by atoms with Gasteiger partial charge in [0.1, 0.15) is 5.82 Å². The third-order valence-electron chi connectivity index (χ3n) is 3.49. The molecular weight excluding hydrogens is 198 g/mol. The van der Waals surface area contributed by atoms with Gasteiger partial charge in [-0.15, -0.1) is 0 Å². The molecule has 3 nitrogen and oxygen atoms in total. The van der Waals surface area contributed by atoms with Gasteiger partial charge in [-0.25, -0.2) is 9.97 Å². The maximum Gasteiger partial charge on any atom is 0.145 e. The Balaban J connectivity index is 2.18. The fourth-order valence-corrected chi connectivity index (χ4v) is 2.30. The summed E-state index contributed by atoms with van der Waals surface area (Å²) in [6, 6.07) is 2.01. The molecule has 0 radical (unpaired) electrons. The van der Waals surface area contributed by atoms with Crippen molar-refractivity contribution in [3.8, 4) is 0 Å². The SMILES string of the molecule is CC(C)C(N)c1nccc(C2CCCC2)n1. The molecule has 1 aromatic heterocycles. The quantitative estimate of drug-likeness (QED) is 0.850. The molecule has 88 valence electrons. The van der Waals surface area contributed by atoms with E-state index in [9.17, 15) is 0 Å². The lowest BCUT2D eigenvalue weighted by Crippen LogP contribution is -2.20. The molecule has 0 saturated heterocycles. The molecule has 1 aromatic rings. The number of nitrogens with zero attached hydrogens (tertiary/aromatic N) is 2. The first-order valence-corrected chi connectivity index (χ1v) is 6.27. The molecule has 0 aromatic carbocycles. The van der Waals surface area contributed by atoms with E-state index in [-0.39, 0.29) is 6.04 Å². The average Bonchev–Trinajstić information content (AvgIpc) is 2.81. The van der Waals surface area contributed by atoms with Crippen molar-refractivity contribution in [2.24, 2.45) is 11.7 Å². The first kappa shape index (κ1) is 11.5. The van der Waals surface area contributed by atoms with Crippen LogP contribution in [-0.2, 0) is 0 Å². The van der Waals surface area contributed by atoms with Crippen molar-refractivity contribution in [1.82, 2.24) is 9.97 Å². The predicted octanol–water partition coefficient (Wildman–Crippen LogP) is 2.79. The number of aromatic nitrogens is 2. The highest BCUT2D eigenvalue weighted by Gasteiger charge is 2.20. The highest BCUT2D eigenvalue weighted by molar-refractivity contribution is 5.11. The molecule has 0 amide bonds. The highest BCUT2D eigenvalue weighted by atomic mass is 14.9. The molecule has 1 saturated carbocycles. The lowest BCUT2D eigenvalue weighted by atomic mass is 10.0. The summed E-state index contributed by atoms with van der Waals surface area (Å²) in [6.45, 7) is 4.21. The maximum absolute atomic E-state index is 6.08. The Bertz CT molecular complexity index is 326. The summed E-state index contributed by atoms with van der Waals surface area (Å²) in [5.74, 6) is 1.83. The van der Waals surface area contributed by atoms with Crippen LogP contribution in [0.5, 0.6) is 0 Å². The van der Waals surface area contributed by atoms with Gasteiger partial charge in [0.2, 0.25) is 0 Å². The van der Waals surface area contributed by atoms with Crippen molar-refractivity contribution in [2.45, 2.75) is 51.5 Å². The first-order valence-electron chi connectivity index (χ1n) is 6.27. The fourth-order valence-electron chi connectivity index (χ4n) is 2.30. The molecule has 0 aliphatic heterocycles. The number of hydrogen-bond donors (Lipinski definition) is 1. The van der Waals surface area contributed by atoms with Crippen LogP contribution in [0.1, 0.15) is 63.0 Å². The summed E-state index contributed by atoms with van der Waals surface area (Å²) in [5, 5.41) is 0. The Morgan fingerprint density at radius 2 is 2.00 bits per heavy atom. The third kappa shape index (κ3) is 2.40. The van der Waals surface area contributed by atoms with E-state index in [0.717, 1.165) is 5.82 Å². The standard InChI is InChI=1S/C13H21N3/c1-9(2)12(14)13-15-8-7-11(16-13)10-5-3-4-6-10/h7-10,12H,3-6,14H2,1-2H3. The highest BCUT2D eigenvalue weighted by Crippen LogP contribution is 2.33. The maximum atomic E-state index is 6.08. The summed E-state index contributed by atoms with van der Waals surface area (Å²) in [7, 11) is 0. The molecule has 1 aliphatic carbocycles. The second-order valence-electron chi connectivity index (χ2n) is 5.09. The molecule has 16 heavy (non-hydrogen) atoms. The van der Waals surface area contributed by atoms with Crippen LogP contribution in [0.15, 0.2) is 12.3 Å². The first-order chi connectivity index (χ1) is 7.68. The molecule has 1 aliphatic rings. The zero-order valence-corrected chi connectivity index (χ0v) is 10.2. The van der Waals surface area contributed by atoms with E-state index in [1.165, 1.54) is 31.4 Å². The fraction of sp³-hybridized carbons (Fsp3) is 0.692. The van der Waals surface area contributed by atoms with Crippen molar-refractivity contribution in [3.05, 3.63) is 23.8 Å². The minimum absolute atomic E-state index is 0.0404. The van der Waals surface area contributed by atoms with E-state index in [4.69, 9.17) is 5.73 Å². The van der Waals surface area contributed by atoms with Gasteiger partial charge in [0.15, 0.2) is 0 Å². The van der Waals surface area contributed by atoms with Crippen molar-refractivity contribution in [1.29, 1.82) is 0 Å². The van der Waals surface area contributed by atoms with E-state index in [0.29, 0.717) is 11.8 Å². The molecule has 2 N–H and O–H groups in total.